The van der Waals surface area contributed by atoms with Gasteiger partial charge in [0.05, 0.1) is 5.69 Å². The molecular weight excluding hydrogens is 174 g/mol. The van der Waals surface area contributed by atoms with Crippen molar-refractivity contribution in [2.45, 2.75) is 32.7 Å². The van der Waals surface area contributed by atoms with Gasteiger partial charge in [-0.2, -0.15) is 5.10 Å². The molecule has 14 heavy (non-hydrogen) atoms. The molecule has 1 aromatic rings. The molecule has 0 aliphatic rings. The maximum absolute atomic E-state index is 4.19. The van der Waals surface area contributed by atoms with Crippen molar-refractivity contribution < 1.29 is 0 Å². The molecule has 0 aliphatic heterocycles. The second-order valence-corrected chi connectivity index (χ2v) is 4.19. The molecule has 1 aromatic heterocycles. The summed E-state index contributed by atoms with van der Waals surface area (Å²) in [5, 5.41) is 7.53. The van der Waals surface area contributed by atoms with Crippen molar-refractivity contribution >= 4 is 0 Å². The highest BCUT2D eigenvalue weighted by Crippen LogP contribution is 2.19. The molecule has 0 amide bonds. The highest BCUT2D eigenvalue weighted by molar-refractivity contribution is 5.06. The average Bonchev–Trinajstić information content (AvgIpc) is 2.53. The van der Waals surface area contributed by atoms with Gasteiger partial charge in [-0.25, -0.2) is 0 Å². The Morgan fingerprint density at radius 2 is 2.14 bits per heavy atom. The largest absolute Gasteiger partial charge is 0.312 e. The third-order valence-electron chi connectivity index (χ3n) is 2.60. The van der Waals surface area contributed by atoms with Crippen LogP contribution in [0.2, 0.25) is 0 Å². The van der Waals surface area contributed by atoms with E-state index in [0.717, 1.165) is 5.92 Å². The molecule has 0 fully saturated rings. The number of hydrogen-bond acceptors (Lipinski definition) is 2. The van der Waals surface area contributed by atoms with Crippen LogP contribution in [0.15, 0.2) is 12.3 Å². The van der Waals surface area contributed by atoms with Gasteiger partial charge < -0.3 is 5.32 Å². The van der Waals surface area contributed by atoms with E-state index in [0.29, 0.717) is 6.04 Å². The molecule has 1 N–H and O–H groups in total. The number of nitrogens with one attached hydrogen (secondary N) is 1. The second kappa shape index (κ2) is 5.15. The smallest absolute Gasteiger partial charge is 0.0550 e. The van der Waals surface area contributed by atoms with E-state index in [2.05, 4.69) is 30.3 Å². The maximum atomic E-state index is 4.19. The van der Waals surface area contributed by atoms with Crippen molar-refractivity contribution in [1.29, 1.82) is 0 Å². The Morgan fingerprint density at radius 3 is 2.57 bits per heavy atom. The Hall–Kier alpha value is -0.830. The molecule has 1 unspecified atom stereocenters. The van der Waals surface area contributed by atoms with E-state index < -0.39 is 0 Å². The van der Waals surface area contributed by atoms with Crippen molar-refractivity contribution in [1.82, 2.24) is 15.1 Å². The molecule has 1 atom stereocenters. The van der Waals surface area contributed by atoms with E-state index in [1.807, 2.05) is 25.0 Å². The van der Waals surface area contributed by atoms with Crippen molar-refractivity contribution in [3.8, 4) is 0 Å². The summed E-state index contributed by atoms with van der Waals surface area (Å²) in [5.74, 6) is 0.763. The molecule has 80 valence electrons. The van der Waals surface area contributed by atoms with Gasteiger partial charge in [-0.3, -0.25) is 4.68 Å². The first-order valence-electron chi connectivity index (χ1n) is 5.30. The topological polar surface area (TPSA) is 29.9 Å². The third kappa shape index (κ3) is 2.84. The molecular formula is C11H21N3. The monoisotopic (exact) mass is 195 g/mol. The Bertz CT molecular complexity index is 265. The average molecular weight is 195 g/mol. The minimum absolute atomic E-state index is 0.435. The highest BCUT2D eigenvalue weighted by atomic mass is 15.3. The molecule has 3 heteroatoms. The first kappa shape index (κ1) is 11.2. The molecule has 0 radical (unpaired) electrons. The van der Waals surface area contributed by atoms with Gasteiger partial charge in [0.25, 0.3) is 0 Å². The van der Waals surface area contributed by atoms with Gasteiger partial charge in [0.15, 0.2) is 0 Å². The predicted molar refractivity (Wildman–Crippen MR) is 59.1 cm³/mol. The van der Waals surface area contributed by atoms with Gasteiger partial charge in [-0.1, -0.05) is 13.8 Å². The molecule has 0 aliphatic carbocycles. The fourth-order valence-electron chi connectivity index (χ4n) is 1.67. The van der Waals surface area contributed by atoms with Crippen LogP contribution in [-0.4, -0.2) is 16.8 Å². The Balaban J connectivity index is 2.58. The van der Waals surface area contributed by atoms with Gasteiger partial charge in [0.1, 0.15) is 0 Å². The first-order valence-corrected chi connectivity index (χ1v) is 5.30. The first-order chi connectivity index (χ1) is 6.65. The maximum Gasteiger partial charge on any atom is 0.0550 e. The number of hydrogen-bond donors (Lipinski definition) is 1. The van der Waals surface area contributed by atoms with Gasteiger partial charge in [-0.15, -0.1) is 0 Å². The molecule has 0 saturated heterocycles. The lowest BCUT2D eigenvalue weighted by Crippen LogP contribution is -2.19. The molecule has 1 rings (SSSR count). The van der Waals surface area contributed by atoms with Crippen LogP contribution in [0.3, 0.4) is 0 Å². The fourth-order valence-corrected chi connectivity index (χ4v) is 1.67. The minimum atomic E-state index is 0.435. The summed E-state index contributed by atoms with van der Waals surface area (Å²) < 4.78 is 1.95. The van der Waals surface area contributed by atoms with Gasteiger partial charge in [0.2, 0.25) is 0 Å². The number of nitrogens with zero attached hydrogens (tertiary/aromatic N) is 2. The SMILES string of the molecule is CNC(CCC(C)C)c1ccnn1C. The summed E-state index contributed by atoms with van der Waals surface area (Å²) in [7, 11) is 4.01. The summed E-state index contributed by atoms with van der Waals surface area (Å²) >= 11 is 0. The third-order valence-corrected chi connectivity index (χ3v) is 2.60. The quantitative estimate of drug-likeness (QED) is 0.780. The number of aromatic nitrogens is 2. The second-order valence-electron chi connectivity index (χ2n) is 4.19. The van der Waals surface area contributed by atoms with E-state index >= 15 is 0 Å². The molecule has 3 nitrogen and oxygen atoms in total. The lowest BCUT2D eigenvalue weighted by molar-refractivity contribution is 0.444. The minimum Gasteiger partial charge on any atom is -0.312 e. The molecule has 0 bridgehead atoms. The number of aryl methyl sites for hydroxylation is 1. The Morgan fingerprint density at radius 1 is 1.43 bits per heavy atom. The summed E-state index contributed by atoms with van der Waals surface area (Å²) in [6.45, 7) is 4.52. The van der Waals surface area contributed by atoms with E-state index in [1.54, 1.807) is 0 Å². The Labute approximate surface area is 86.5 Å². The summed E-state index contributed by atoms with van der Waals surface area (Å²) in [6, 6.07) is 2.52. The van der Waals surface area contributed by atoms with Crippen molar-refractivity contribution in [3.05, 3.63) is 18.0 Å². The lowest BCUT2D eigenvalue weighted by atomic mass is 10.0. The van der Waals surface area contributed by atoms with E-state index in [1.165, 1.54) is 18.5 Å². The van der Waals surface area contributed by atoms with Crippen LogP contribution in [0, 0.1) is 5.92 Å². The van der Waals surface area contributed by atoms with Crippen LogP contribution >= 0.6 is 0 Å². The summed E-state index contributed by atoms with van der Waals surface area (Å²) in [6.07, 6.45) is 4.28. The molecule has 1 heterocycles. The van der Waals surface area contributed by atoms with E-state index in [-0.39, 0.29) is 0 Å². The van der Waals surface area contributed by atoms with Crippen LogP contribution < -0.4 is 5.32 Å². The van der Waals surface area contributed by atoms with Crippen LogP contribution in [-0.2, 0) is 7.05 Å². The van der Waals surface area contributed by atoms with Gasteiger partial charge >= 0.3 is 0 Å². The van der Waals surface area contributed by atoms with Crippen LogP contribution in [0.1, 0.15) is 38.4 Å². The lowest BCUT2D eigenvalue weighted by Gasteiger charge is -2.17. The standard InChI is InChI=1S/C11H21N3/c1-9(2)5-6-10(12-3)11-7-8-13-14(11)4/h7-10,12H,5-6H2,1-4H3. The van der Waals surface area contributed by atoms with E-state index in [4.69, 9.17) is 0 Å². The molecule has 0 spiro atoms. The van der Waals surface area contributed by atoms with Crippen molar-refractivity contribution in [2.24, 2.45) is 13.0 Å². The highest BCUT2D eigenvalue weighted by Gasteiger charge is 2.12. The zero-order chi connectivity index (χ0) is 10.6. The summed E-state index contributed by atoms with van der Waals surface area (Å²) in [5.41, 5.74) is 1.27. The van der Waals surface area contributed by atoms with Crippen molar-refractivity contribution in [3.63, 3.8) is 0 Å². The van der Waals surface area contributed by atoms with Crippen LogP contribution in [0.25, 0.3) is 0 Å². The molecule has 0 aromatic carbocycles. The van der Waals surface area contributed by atoms with Crippen LogP contribution in [0.4, 0.5) is 0 Å². The molecule has 0 saturated carbocycles. The van der Waals surface area contributed by atoms with Crippen LogP contribution in [0.5, 0.6) is 0 Å². The zero-order valence-corrected chi connectivity index (χ0v) is 9.62. The predicted octanol–water partition coefficient (Wildman–Crippen LogP) is 2.12. The summed E-state index contributed by atoms with van der Waals surface area (Å²) in [4.78, 5) is 0. The van der Waals surface area contributed by atoms with Crippen molar-refractivity contribution in [2.75, 3.05) is 7.05 Å². The van der Waals surface area contributed by atoms with E-state index in [9.17, 15) is 0 Å². The fraction of sp³-hybridized carbons (Fsp3) is 0.727. The zero-order valence-electron chi connectivity index (χ0n) is 9.62. The van der Waals surface area contributed by atoms with Gasteiger partial charge in [0, 0.05) is 19.3 Å². The number of rotatable bonds is 5. The Kier molecular flexibility index (Phi) is 4.14. The van der Waals surface area contributed by atoms with Gasteiger partial charge in [-0.05, 0) is 31.9 Å². The normalized spacial score (nSPS) is 13.5.